The second-order valence-corrected chi connectivity index (χ2v) is 2.12. The summed E-state index contributed by atoms with van der Waals surface area (Å²) >= 11 is 0. The van der Waals surface area contributed by atoms with Crippen molar-refractivity contribution in [3.05, 3.63) is 12.2 Å². The molecule has 3 heteroatoms. The first kappa shape index (κ1) is 8.17. The van der Waals surface area contributed by atoms with Gasteiger partial charge in [0.2, 0.25) is 5.91 Å². The lowest BCUT2D eigenvalue weighted by molar-refractivity contribution is -0.118. The molecule has 3 nitrogen and oxygen atoms in total. The van der Waals surface area contributed by atoms with Crippen molar-refractivity contribution in [1.29, 1.82) is 0 Å². The molecule has 0 aliphatic carbocycles. The molecule has 0 unspecified atom stereocenters. The highest BCUT2D eigenvalue weighted by Gasteiger charge is 2.04. The average molecular weight is 128 g/mol. The normalized spacial score (nSPS) is 12.7. The molecule has 0 fully saturated rings. The van der Waals surface area contributed by atoms with E-state index in [2.05, 4.69) is 6.58 Å². The van der Waals surface area contributed by atoms with Crippen molar-refractivity contribution >= 4 is 5.91 Å². The van der Waals surface area contributed by atoms with Crippen LogP contribution in [-0.4, -0.2) is 11.9 Å². The second kappa shape index (κ2) is 3.25. The van der Waals surface area contributed by atoms with Gasteiger partial charge >= 0.3 is 0 Å². The molecule has 0 heterocycles. The summed E-state index contributed by atoms with van der Waals surface area (Å²) in [6, 6.07) is -0.275. The van der Waals surface area contributed by atoms with Crippen LogP contribution in [0.2, 0.25) is 0 Å². The number of primary amides is 1. The standard InChI is InChI=1S/C6H12N2O/c1-4(2)5(7)3-6(8)9/h5H,1,3,7H2,2H3,(H2,8,9)/t5-/m1/s1. The molecule has 0 aromatic rings. The average Bonchev–Trinajstić information content (AvgIpc) is 1.63. The summed E-state index contributed by atoms with van der Waals surface area (Å²) in [5.74, 6) is -0.384. The molecule has 1 amide bonds. The molecule has 0 rings (SSSR count). The number of carbonyl (C=O) groups is 1. The lowest BCUT2D eigenvalue weighted by atomic mass is 10.1. The van der Waals surface area contributed by atoms with Gasteiger partial charge < -0.3 is 11.5 Å². The lowest BCUT2D eigenvalue weighted by Crippen LogP contribution is -2.27. The maximum Gasteiger partial charge on any atom is 0.219 e. The van der Waals surface area contributed by atoms with E-state index in [1.54, 1.807) is 6.92 Å². The number of carbonyl (C=O) groups excluding carboxylic acids is 1. The zero-order valence-electron chi connectivity index (χ0n) is 5.55. The van der Waals surface area contributed by atoms with E-state index in [1.165, 1.54) is 0 Å². The molecule has 52 valence electrons. The third-order valence-electron chi connectivity index (χ3n) is 1.05. The molecule has 0 aliphatic rings. The number of rotatable bonds is 3. The van der Waals surface area contributed by atoms with Crippen LogP contribution in [0.25, 0.3) is 0 Å². The van der Waals surface area contributed by atoms with Gasteiger partial charge in [0.15, 0.2) is 0 Å². The summed E-state index contributed by atoms with van der Waals surface area (Å²) in [4.78, 5) is 10.2. The van der Waals surface area contributed by atoms with Gasteiger partial charge in [0.25, 0.3) is 0 Å². The molecule has 0 aromatic heterocycles. The maximum atomic E-state index is 10.2. The Labute approximate surface area is 54.7 Å². The predicted molar refractivity (Wildman–Crippen MR) is 36.6 cm³/mol. The third kappa shape index (κ3) is 3.73. The Morgan fingerprint density at radius 3 is 2.33 bits per heavy atom. The fourth-order valence-electron chi connectivity index (χ4n) is 0.391. The Morgan fingerprint density at radius 1 is 1.78 bits per heavy atom. The Hall–Kier alpha value is -0.830. The highest BCUT2D eigenvalue weighted by molar-refractivity contribution is 5.74. The minimum atomic E-state index is -0.384. The van der Waals surface area contributed by atoms with Gasteiger partial charge in [-0.1, -0.05) is 12.2 Å². The second-order valence-electron chi connectivity index (χ2n) is 2.12. The zero-order valence-corrected chi connectivity index (χ0v) is 5.55. The quantitative estimate of drug-likeness (QED) is 0.515. The molecular formula is C6H12N2O. The molecular weight excluding hydrogens is 116 g/mol. The van der Waals surface area contributed by atoms with Crippen molar-refractivity contribution < 1.29 is 4.79 Å². The van der Waals surface area contributed by atoms with E-state index in [-0.39, 0.29) is 18.4 Å². The van der Waals surface area contributed by atoms with Gasteiger partial charge in [-0.2, -0.15) is 0 Å². The number of amides is 1. The zero-order chi connectivity index (χ0) is 7.44. The summed E-state index contributed by atoms with van der Waals surface area (Å²) in [7, 11) is 0. The molecule has 0 aliphatic heterocycles. The van der Waals surface area contributed by atoms with Gasteiger partial charge in [0.05, 0.1) is 0 Å². The molecule has 9 heavy (non-hydrogen) atoms. The first-order valence-corrected chi connectivity index (χ1v) is 2.73. The minimum Gasteiger partial charge on any atom is -0.370 e. The van der Waals surface area contributed by atoms with E-state index in [4.69, 9.17) is 11.5 Å². The Bertz CT molecular complexity index is 131. The van der Waals surface area contributed by atoms with Crippen LogP contribution in [0.1, 0.15) is 13.3 Å². The maximum absolute atomic E-state index is 10.2. The highest BCUT2D eigenvalue weighted by atomic mass is 16.1. The SMILES string of the molecule is C=C(C)[C@H](N)CC(N)=O. The number of nitrogens with two attached hydrogens (primary N) is 2. The van der Waals surface area contributed by atoms with Crippen LogP contribution in [0.15, 0.2) is 12.2 Å². The lowest BCUT2D eigenvalue weighted by Gasteiger charge is -2.06. The first-order valence-electron chi connectivity index (χ1n) is 2.73. The van der Waals surface area contributed by atoms with Crippen molar-refractivity contribution in [2.24, 2.45) is 11.5 Å². The van der Waals surface area contributed by atoms with Crippen molar-refractivity contribution in [3.63, 3.8) is 0 Å². The molecule has 1 atom stereocenters. The van der Waals surface area contributed by atoms with E-state index in [9.17, 15) is 4.79 Å². The van der Waals surface area contributed by atoms with E-state index < -0.39 is 0 Å². The van der Waals surface area contributed by atoms with E-state index >= 15 is 0 Å². The molecule has 0 bridgehead atoms. The van der Waals surface area contributed by atoms with Crippen LogP contribution in [-0.2, 0) is 4.79 Å². The van der Waals surface area contributed by atoms with Crippen LogP contribution in [0.4, 0.5) is 0 Å². The van der Waals surface area contributed by atoms with Crippen molar-refractivity contribution in [3.8, 4) is 0 Å². The van der Waals surface area contributed by atoms with E-state index in [0.717, 1.165) is 5.57 Å². The summed E-state index contributed by atoms with van der Waals surface area (Å²) < 4.78 is 0. The number of hydrogen-bond donors (Lipinski definition) is 2. The van der Waals surface area contributed by atoms with Gasteiger partial charge in [-0.3, -0.25) is 4.79 Å². The van der Waals surface area contributed by atoms with Gasteiger partial charge in [-0.25, -0.2) is 0 Å². The molecule has 0 saturated carbocycles. The molecule has 0 aromatic carbocycles. The fraction of sp³-hybridized carbons (Fsp3) is 0.500. The molecule has 0 saturated heterocycles. The fourth-order valence-corrected chi connectivity index (χ4v) is 0.391. The monoisotopic (exact) mass is 128 g/mol. The van der Waals surface area contributed by atoms with Gasteiger partial charge in [-0.05, 0) is 6.92 Å². The molecule has 4 N–H and O–H groups in total. The summed E-state index contributed by atoms with van der Waals surface area (Å²) in [5, 5.41) is 0. The van der Waals surface area contributed by atoms with Crippen LogP contribution in [0, 0.1) is 0 Å². The smallest absolute Gasteiger partial charge is 0.219 e. The van der Waals surface area contributed by atoms with Crippen LogP contribution in [0.3, 0.4) is 0 Å². The van der Waals surface area contributed by atoms with E-state index in [1.807, 2.05) is 0 Å². The van der Waals surface area contributed by atoms with Crippen LogP contribution < -0.4 is 11.5 Å². The Morgan fingerprint density at radius 2 is 2.22 bits per heavy atom. The minimum absolute atomic E-state index is 0.190. The third-order valence-corrected chi connectivity index (χ3v) is 1.05. The Kier molecular flexibility index (Phi) is 2.95. The summed E-state index contributed by atoms with van der Waals surface area (Å²) in [5.41, 5.74) is 11.1. The van der Waals surface area contributed by atoms with Crippen LogP contribution in [0.5, 0.6) is 0 Å². The topological polar surface area (TPSA) is 69.1 Å². The van der Waals surface area contributed by atoms with Gasteiger partial charge in [0.1, 0.15) is 0 Å². The van der Waals surface area contributed by atoms with Crippen LogP contribution >= 0.6 is 0 Å². The highest BCUT2D eigenvalue weighted by Crippen LogP contribution is 1.97. The van der Waals surface area contributed by atoms with Crippen molar-refractivity contribution in [2.75, 3.05) is 0 Å². The molecule has 0 spiro atoms. The van der Waals surface area contributed by atoms with Gasteiger partial charge in [0, 0.05) is 12.5 Å². The Balaban J connectivity index is 3.63. The molecule has 0 radical (unpaired) electrons. The van der Waals surface area contributed by atoms with Gasteiger partial charge in [-0.15, -0.1) is 0 Å². The first-order chi connectivity index (χ1) is 4.04. The summed E-state index contributed by atoms with van der Waals surface area (Å²) in [6.07, 6.45) is 0.190. The number of hydrogen-bond acceptors (Lipinski definition) is 2. The largest absolute Gasteiger partial charge is 0.370 e. The van der Waals surface area contributed by atoms with Crippen molar-refractivity contribution in [2.45, 2.75) is 19.4 Å². The predicted octanol–water partition coefficient (Wildman–Crippen LogP) is -0.235. The summed E-state index contributed by atoms with van der Waals surface area (Å²) in [6.45, 7) is 5.35. The van der Waals surface area contributed by atoms with Crippen molar-refractivity contribution in [1.82, 2.24) is 0 Å². The van der Waals surface area contributed by atoms with E-state index in [0.29, 0.717) is 0 Å².